The van der Waals surface area contributed by atoms with Crippen LogP contribution in [0.1, 0.15) is 72.9 Å². The van der Waals surface area contributed by atoms with Crippen molar-refractivity contribution in [3.63, 3.8) is 0 Å². The van der Waals surface area contributed by atoms with Crippen LogP contribution in [0.4, 0.5) is 13.2 Å². The molecule has 0 saturated carbocycles. The first kappa shape index (κ1) is 39.3. The summed E-state index contributed by atoms with van der Waals surface area (Å²) < 4.78 is 60.6. The van der Waals surface area contributed by atoms with E-state index in [1.165, 1.54) is 7.11 Å². The number of nitrogens with one attached hydrogen (secondary N) is 3. The average Bonchev–Trinajstić information content (AvgIpc) is 3.81. The number of likely N-dealkylation sites (tertiary alicyclic amines) is 1. The van der Waals surface area contributed by atoms with Crippen molar-refractivity contribution in [1.82, 2.24) is 35.8 Å². The highest BCUT2D eigenvalue weighted by molar-refractivity contribution is 6.35. The zero-order chi connectivity index (χ0) is 39.6. The summed E-state index contributed by atoms with van der Waals surface area (Å²) in [6.45, 7) is 3.60. The third-order valence-electron chi connectivity index (χ3n) is 10.6. The van der Waals surface area contributed by atoms with E-state index in [4.69, 9.17) is 30.8 Å². The van der Waals surface area contributed by atoms with Gasteiger partial charge < -0.3 is 29.7 Å². The SMILES string of the molecule is COc1nc(-c2ccnc(-c3cccc4c3CC[C@H]4Oc3nc(OC)c(CN[C@@H]4CCC(=O)N4)cc3C(F)(F)F)c2Cl)ccc1CNC1CCN(C(C)=O)CC1. The molecule has 1 aromatic carbocycles. The number of amides is 2. The fraction of sp³-hybridized carbons (Fsp3) is 0.425. The van der Waals surface area contributed by atoms with Gasteiger partial charge in [-0.3, -0.25) is 19.9 Å². The normalized spacial score (nSPS) is 18.5. The van der Waals surface area contributed by atoms with E-state index in [0.29, 0.717) is 65.6 Å². The van der Waals surface area contributed by atoms with Crippen molar-refractivity contribution >= 4 is 23.4 Å². The number of halogens is 4. The number of hydrogen-bond donors (Lipinski definition) is 3. The number of alkyl halides is 3. The van der Waals surface area contributed by atoms with Crippen LogP contribution in [0, 0.1) is 0 Å². The minimum Gasteiger partial charge on any atom is -0.481 e. The fourth-order valence-corrected chi connectivity index (χ4v) is 7.94. The highest BCUT2D eigenvalue weighted by atomic mass is 35.5. The maximum Gasteiger partial charge on any atom is 0.421 e. The average molecular weight is 794 g/mol. The molecule has 0 unspecified atom stereocenters. The predicted molar refractivity (Wildman–Crippen MR) is 202 cm³/mol. The summed E-state index contributed by atoms with van der Waals surface area (Å²) in [6.07, 6.45) is -0.667. The number of pyridine rings is 3. The van der Waals surface area contributed by atoms with Crippen molar-refractivity contribution in [1.29, 1.82) is 0 Å². The molecule has 5 heterocycles. The minimum absolute atomic E-state index is 0.0000763. The second-order valence-corrected chi connectivity index (χ2v) is 14.5. The molecule has 296 valence electrons. The van der Waals surface area contributed by atoms with Crippen LogP contribution in [-0.2, 0) is 35.3 Å². The Morgan fingerprint density at radius 2 is 1.68 bits per heavy atom. The molecular weight excluding hydrogens is 751 g/mol. The number of piperidine rings is 1. The van der Waals surface area contributed by atoms with Crippen LogP contribution >= 0.6 is 11.6 Å². The zero-order valence-corrected chi connectivity index (χ0v) is 32.0. The van der Waals surface area contributed by atoms with E-state index < -0.39 is 23.7 Å². The predicted octanol–water partition coefficient (Wildman–Crippen LogP) is 6.39. The second kappa shape index (κ2) is 16.6. The van der Waals surface area contributed by atoms with Crippen molar-refractivity contribution < 1.29 is 37.0 Å². The Morgan fingerprint density at radius 1 is 0.929 bits per heavy atom. The number of carbonyl (C=O) groups excluding carboxylic acids is 2. The molecule has 3 aromatic heterocycles. The molecule has 4 aromatic rings. The standard InChI is InChI=1S/C40H43ClF3N7O5/c1-22(52)51-17-14-25(15-18-51)46-20-23-7-9-31(48-37(23)54-2)29-13-16-45-36(35(29)41)28-6-4-5-27-26(28)8-10-32(27)56-39-30(40(42,43)44)19-24(38(50-39)55-3)21-47-33-11-12-34(53)49-33/h4-7,9,13,16,19,25,32-33,46-47H,8,10-12,14-15,17-18,20-21H2,1-3H3,(H,49,53)/t32-,33+/m1/s1. The van der Waals surface area contributed by atoms with E-state index in [0.717, 1.165) is 48.7 Å². The van der Waals surface area contributed by atoms with Gasteiger partial charge in [-0.05, 0) is 61.4 Å². The lowest BCUT2D eigenvalue weighted by atomic mass is 9.98. The van der Waals surface area contributed by atoms with Crippen molar-refractivity contribution in [2.75, 3.05) is 27.3 Å². The lowest BCUT2D eigenvalue weighted by Gasteiger charge is -2.31. The second-order valence-electron chi connectivity index (χ2n) is 14.1. The molecule has 0 spiro atoms. The van der Waals surface area contributed by atoms with Gasteiger partial charge in [0.1, 0.15) is 11.7 Å². The highest BCUT2D eigenvalue weighted by Crippen LogP contribution is 2.45. The zero-order valence-electron chi connectivity index (χ0n) is 31.3. The molecule has 3 aliphatic rings. The molecule has 0 bridgehead atoms. The quantitative estimate of drug-likeness (QED) is 0.148. The van der Waals surface area contributed by atoms with Crippen LogP contribution in [0.2, 0.25) is 5.02 Å². The Labute approximate surface area is 327 Å². The minimum atomic E-state index is -4.76. The Kier molecular flexibility index (Phi) is 11.7. The maximum atomic E-state index is 14.5. The number of fused-ring (bicyclic) bond motifs is 1. The topological polar surface area (TPSA) is 140 Å². The summed E-state index contributed by atoms with van der Waals surface area (Å²) in [5.41, 5.74) is 4.11. The monoisotopic (exact) mass is 793 g/mol. The molecule has 56 heavy (non-hydrogen) atoms. The summed E-state index contributed by atoms with van der Waals surface area (Å²) in [7, 11) is 2.91. The molecule has 1 aliphatic carbocycles. The summed E-state index contributed by atoms with van der Waals surface area (Å²) in [5.74, 6) is -0.150. The smallest absolute Gasteiger partial charge is 0.421 e. The van der Waals surface area contributed by atoms with E-state index >= 15 is 0 Å². The Balaban J connectivity index is 1.11. The third kappa shape index (κ3) is 8.39. The number of nitrogens with zero attached hydrogens (tertiary/aromatic N) is 4. The van der Waals surface area contributed by atoms with Gasteiger partial charge in [0, 0.05) is 74.0 Å². The summed E-state index contributed by atoms with van der Waals surface area (Å²) in [4.78, 5) is 38.8. The Bertz CT molecular complexity index is 2110. The van der Waals surface area contributed by atoms with Gasteiger partial charge in [0.15, 0.2) is 0 Å². The van der Waals surface area contributed by atoms with Gasteiger partial charge >= 0.3 is 6.18 Å². The van der Waals surface area contributed by atoms with Gasteiger partial charge in [0.05, 0.1) is 36.8 Å². The van der Waals surface area contributed by atoms with Gasteiger partial charge in [-0.1, -0.05) is 35.9 Å². The lowest BCUT2D eigenvalue weighted by Crippen LogP contribution is -2.44. The Morgan fingerprint density at radius 3 is 2.38 bits per heavy atom. The number of methoxy groups -OCH3 is 2. The molecule has 2 aliphatic heterocycles. The summed E-state index contributed by atoms with van der Waals surface area (Å²) in [6, 6.07) is 12.4. The van der Waals surface area contributed by atoms with Gasteiger partial charge in [0.25, 0.3) is 0 Å². The van der Waals surface area contributed by atoms with E-state index in [-0.39, 0.29) is 42.0 Å². The molecule has 2 saturated heterocycles. The molecule has 2 amide bonds. The van der Waals surface area contributed by atoms with Crippen molar-refractivity contribution in [3.8, 4) is 40.2 Å². The van der Waals surface area contributed by atoms with Crippen LogP contribution in [0.5, 0.6) is 17.6 Å². The van der Waals surface area contributed by atoms with Crippen LogP contribution in [0.3, 0.4) is 0 Å². The highest BCUT2D eigenvalue weighted by Gasteiger charge is 2.39. The molecule has 2 atom stereocenters. The number of carbonyl (C=O) groups is 2. The summed E-state index contributed by atoms with van der Waals surface area (Å²) in [5, 5.41) is 9.73. The van der Waals surface area contributed by atoms with E-state index in [2.05, 4.69) is 25.9 Å². The van der Waals surface area contributed by atoms with Gasteiger partial charge in [-0.15, -0.1) is 0 Å². The largest absolute Gasteiger partial charge is 0.481 e. The third-order valence-corrected chi connectivity index (χ3v) is 11.0. The van der Waals surface area contributed by atoms with Crippen molar-refractivity contribution in [2.45, 2.75) is 83.0 Å². The summed E-state index contributed by atoms with van der Waals surface area (Å²) >= 11 is 7.08. The van der Waals surface area contributed by atoms with Crippen LogP contribution in [0.25, 0.3) is 22.5 Å². The lowest BCUT2D eigenvalue weighted by molar-refractivity contribution is -0.139. The molecule has 2 fully saturated rings. The number of benzene rings is 1. The molecule has 7 rings (SSSR count). The first-order valence-electron chi connectivity index (χ1n) is 18.6. The van der Waals surface area contributed by atoms with Crippen molar-refractivity contribution in [2.24, 2.45) is 0 Å². The number of rotatable bonds is 12. The molecular formula is C40H43ClF3N7O5. The molecule has 0 radical (unpaired) electrons. The Hall–Kier alpha value is -4.99. The van der Waals surface area contributed by atoms with Crippen LogP contribution < -0.4 is 30.2 Å². The van der Waals surface area contributed by atoms with Crippen LogP contribution in [-0.4, -0.2) is 71.2 Å². The van der Waals surface area contributed by atoms with Crippen LogP contribution in [0.15, 0.2) is 48.7 Å². The maximum absolute atomic E-state index is 14.5. The number of ether oxygens (including phenoxy) is 3. The van der Waals surface area contributed by atoms with Gasteiger partial charge in [-0.25, -0.2) is 4.98 Å². The number of aromatic nitrogens is 3. The molecule has 16 heteroatoms. The number of hydrogen-bond acceptors (Lipinski definition) is 10. The van der Waals surface area contributed by atoms with E-state index in [9.17, 15) is 22.8 Å². The van der Waals surface area contributed by atoms with Gasteiger partial charge in [-0.2, -0.15) is 18.2 Å². The van der Waals surface area contributed by atoms with E-state index in [1.54, 1.807) is 26.3 Å². The molecule has 12 nitrogen and oxygen atoms in total. The van der Waals surface area contributed by atoms with Gasteiger partial charge in [0.2, 0.25) is 29.5 Å². The van der Waals surface area contributed by atoms with Crippen molar-refractivity contribution in [3.05, 3.63) is 81.5 Å². The first-order chi connectivity index (χ1) is 26.9. The first-order valence-corrected chi connectivity index (χ1v) is 19.0. The fourth-order valence-electron chi connectivity index (χ4n) is 7.63. The molecule has 3 N–H and O–H groups in total. The van der Waals surface area contributed by atoms with E-state index in [1.807, 2.05) is 35.2 Å².